The Morgan fingerprint density at radius 3 is 2.69 bits per heavy atom. The highest BCUT2D eigenvalue weighted by Crippen LogP contribution is 2.31. The maximum absolute atomic E-state index is 13.2. The molecule has 2 aromatic carbocycles. The normalized spacial score (nSPS) is 11.0. The Morgan fingerprint density at radius 2 is 1.92 bits per heavy atom. The largest absolute Gasteiger partial charge is 0.496 e. The summed E-state index contributed by atoms with van der Waals surface area (Å²) >= 11 is 1.41. The molecule has 0 saturated carbocycles. The predicted octanol–water partition coefficient (Wildman–Crippen LogP) is 4.39. The van der Waals surface area contributed by atoms with Crippen LogP contribution in [0.1, 0.15) is 11.4 Å². The molecule has 0 saturated heterocycles. The van der Waals surface area contributed by atoms with Gasteiger partial charge in [0, 0.05) is 22.9 Å². The number of thiophene rings is 1. The average Bonchev–Trinajstić information content (AvgIpc) is 3.07. The lowest BCUT2D eigenvalue weighted by Gasteiger charge is -2.07. The van der Waals surface area contributed by atoms with Crippen LogP contribution in [0.4, 0.5) is 4.39 Å². The molecule has 4 rings (SSSR count). The molecule has 0 aliphatic carbocycles. The van der Waals surface area contributed by atoms with Gasteiger partial charge in [-0.25, -0.2) is 9.37 Å². The van der Waals surface area contributed by atoms with Gasteiger partial charge in [0.1, 0.15) is 22.2 Å². The molecule has 1 N–H and O–H groups in total. The second kappa shape index (κ2) is 6.72. The molecule has 0 atom stereocenters. The molecule has 0 fully saturated rings. The number of para-hydroxylation sites is 1. The van der Waals surface area contributed by atoms with E-state index < -0.39 is 0 Å². The quantitative estimate of drug-likeness (QED) is 0.583. The van der Waals surface area contributed by atoms with Gasteiger partial charge in [-0.1, -0.05) is 30.3 Å². The van der Waals surface area contributed by atoms with Crippen molar-refractivity contribution >= 4 is 21.6 Å². The number of aromatic nitrogens is 2. The monoisotopic (exact) mass is 366 g/mol. The van der Waals surface area contributed by atoms with Crippen molar-refractivity contribution in [3.63, 3.8) is 0 Å². The van der Waals surface area contributed by atoms with Crippen LogP contribution >= 0.6 is 11.3 Å². The Labute approximate surface area is 152 Å². The van der Waals surface area contributed by atoms with Crippen molar-refractivity contribution in [2.75, 3.05) is 7.11 Å². The van der Waals surface area contributed by atoms with Crippen LogP contribution in [-0.4, -0.2) is 17.1 Å². The van der Waals surface area contributed by atoms with Crippen molar-refractivity contribution in [1.29, 1.82) is 0 Å². The van der Waals surface area contributed by atoms with E-state index in [-0.39, 0.29) is 11.4 Å². The first-order valence-electron chi connectivity index (χ1n) is 8.04. The number of rotatable bonds is 4. The number of nitrogens with zero attached hydrogens (tertiary/aromatic N) is 1. The van der Waals surface area contributed by atoms with Gasteiger partial charge in [0.25, 0.3) is 5.56 Å². The van der Waals surface area contributed by atoms with Crippen LogP contribution in [0.3, 0.4) is 0 Å². The highest BCUT2D eigenvalue weighted by molar-refractivity contribution is 7.17. The minimum Gasteiger partial charge on any atom is -0.496 e. The Kier molecular flexibility index (Phi) is 4.26. The molecule has 0 aliphatic rings. The molecule has 0 aliphatic heterocycles. The number of aromatic amines is 1. The van der Waals surface area contributed by atoms with Crippen LogP contribution in [-0.2, 0) is 6.42 Å². The maximum atomic E-state index is 13.2. The Balaban J connectivity index is 1.77. The van der Waals surface area contributed by atoms with E-state index in [0.717, 1.165) is 22.4 Å². The molecule has 4 nitrogen and oxygen atoms in total. The summed E-state index contributed by atoms with van der Waals surface area (Å²) in [5, 5.41) is 2.41. The third-order valence-electron chi connectivity index (χ3n) is 4.20. The fourth-order valence-electron chi connectivity index (χ4n) is 2.95. The lowest BCUT2D eigenvalue weighted by atomic mass is 10.1. The Hall–Kier alpha value is -2.99. The van der Waals surface area contributed by atoms with Crippen molar-refractivity contribution in [1.82, 2.24) is 9.97 Å². The highest BCUT2D eigenvalue weighted by Gasteiger charge is 2.14. The van der Waals surface area contributed by atoms with Crippen LogP contribution in [0.25, 0.3) is 21.3 Å². The fraction of sp³-hybridized carbons (Fsp3) is 0.100. The Morgan fingerprint density at radius 1 is 1.15 bits per heavy atom. The summed E-state index contributed by atoms with van der Waals surface area (Å²) < 4.78 is 18.5. The predicted molar refractivity (Wildman–Crippen MR) is 101 cm³/mol. The molecule has 0 radical (unpaired) electrons. The minimum absolute atomic E-state index is 0.194. The average molecular weight is 366 g/mol. The lowest BCUT2D eigenvalue weighted by Crippen LogP contribution is -2.12. The van der Waals surface area contributed by atoms with E-state index >= 15 is 0 Å². The SMILES string of the molecule is COc1ccccc1Cc1nc2scc(-c3ccc(F)cc3)c2c(=O)[nH]1. The molecule has 4 aromatic rings. The third kappa shape index (κ3) is 2.99. The number of ether oxygens (including phenoxy) is 1. The topological polar surface area (TPSA) is 55.0 Å². The van der Waals surface area contributed by atoms with E-state index in [1.54, 1.807) is 19.2 Å². The van der Waals surface area contributed by atoms with Crippen molar-refractivity contribution in [3.05, 3.63) is 81.5 Å². The molecule has 130 valence electrons. The van der Waals surface area contributed by atoms with Gasteiger partial charge in [-0.3, -0.25) is 4.79 Å². The van der Waals surface area contributed by atoms with Gasteiger partial charge in [-0.15, -0.1) is 11.3 Å². The van der Waals surface area contributed by atoms with E-state index in [9.17, 15) is 9.18 Å². The molecule has 0 spiro atoms. The number of fused-ring (bicyclic) bond motifs is 1. The number of halogens is 1. The first kappa shape index (κ1) is 16.5. The van der Waals surface area contributed by atoms with Crippen molar-refractivity contribution < 1.29 is 9.13 Å². The summed E-state index contributed by atoms with van der Waals surface area (Å²) in [5.74, 6) is 1.03. The van der Waals surface area contributed by atoms with Crippen LogP contribution in [0.5, 0.6) is 5.75 Å². The van der Waals surface area contributed by atoms with Gasteiger partial charge in [-0.2, -0.15) is 0 Å². The van der Waals surface area contributed by atoms with E-state index in [2.05, 4.69) is 9.97 Å². The van der Waals surface area contributed by atoms with Crippen molar-refractivity contribution in [2.45, 2.75) is 6.42 Å². The zero-order valence-corrected chi connectivity index (χ0v) is 14.8. The standard InChI is InChI=1S/C20H15FN2O2S/c1-25-16-5-3-2-4-13(16)10-17-22-19(24)18-15(11-26-20(18)23-17)12-6-8-14(21)9-7-12/h2-9,11H,10H2,1H3,(H,22,23,24). The molecule has 0 bridgehead atoms. The molecule has 6 heteroatoms. The zero-order valence-electron chi connectivity index (χ0n) is 14.0. The molecule has 2 heterocycles. The van der Waals surface area contributed by atoms with E-state index in [4.69, 9.17) is 4.74 Å². The number of hydrogen-bond donors (Lipinski definition) is 1. The van der Waals surface area contributed by atoms with Crippen LogP contribution in [0, 0.1) is 5.82 Å². The molecular formula is C20H15FN2O2S. The number of hydrogen-bond acceptors (Lipinski definition) is 4. The maximum Gasteiger partial charge on any atom is 0.260 e. The van der Waals surface area contributed by atoms with Crippen molar-refractivity contribution in [3.8, 4) is 16.9 Å². The number of methoxy groups -OCH3 is 1. The van der Waals surface area contributed by atoms with Gasteiger partial charge in [0.15, 0.2) is 0 Å². The second-order valence-electron chi connectivity index (χ2n) is 5.84. The first-order valence-corrected chi connectivity index (χ1v) is 8.92. The summed E-state index contributed by atoms with van der Waals surface area (Å²) in [7, 11) is 1.62. The van der Waals surface area contributed by atoms with E-state index in [1.165, 1.54) is 23.5 Å². The minimum atomic E-state index is -0.306. The van der Waals surface area contributed by atoms with Crippen LogP contribution in [0.15, 0.2) is 58.7 Å². The number of benzene rings is 2. The van der Waals surface area contributed by atoms with Crippen LogP contribution < -0.4 is 10.3 Å². The van der Waals surface area contributed by atoms with Gasteiger partial charge in [-0.05, 0) is 23.8 Å². The summed E-state index contributed by atoms with van der Waals surface area (Å²) in [6.45, 7) is 0. The molecular weight excluding hydrogens is 351 g/mol. The van der Waals surface area contributed by atoms with Crippen LogP contribution in [0.2, 0.25) is 0 Å². The molecule has 26 heavy (non-hydrogen) atoms. The summed E-state index contributed by atoms with van der Waals surface area (Å²) in [6.07, 6.45) is 0.471. The zero-order chi connectivity index (χ0) is 18.1. The molecule has 2 aromatic heterocycles. The van der Waals surface area contributed by atoms with Crippen molar-refractivity contribution in [2.24, 2.45) is 0 Å². The molecule has 0 amide bonds. The Bertz CT molecular complexity index is 1130. The van der Waals surface area contributed by atoms with Gasteiger partial charge in [0.2, 0.25) is 0 Å². The van der Waals surface area contributed by atoms with E-state index in [1.807, 2.05) is 29.6 Å². The smallest absolute Gasteiger partial charge is 0.260 e. The summed E-state index contributed by atoms with van der Waals surface area (Å²) in [6, 6.07) is 13.7. The van der Waals surface area contributed by atoms with Gasteiger partial charge >= 0.3 is 0 Å². The summed E-state index contributed by atoms with van der Waals surface area (Å²) in [5.41, 5.74) is 2.32. The number of nitrogens with one attached hydrogen (secondary N) is 1. The van der Waals surface area contributed by atoms with Gasteiger partial charge in [0.05, 0.1) is 12.5 Å². The fourth-order valence-corrected chi connectivity index (χ4v) is 3.92. The highest BCUT2D eigenvalue weighted by atomic mass is 32.1. The molecule has 0 unspecified atom stereocenters. The summed E-state index contributed by atoms with van der Waals surface area (Å²) in [4.78, 5) is 20.8. The lowest BCUT2D eigenvalue weighted by molar-refractivity contribution is 0.410. The van der Waals surface area contributed by atoms with Gasteiger partial charge < -0.3 is 9.72 Å². The number of H-pyrrole nitrogens is 1. The first-order chi connectivity index (χ1) is 12.7. The third-order valence-corrected chi connectivity index (χ3v) is 5.07. The second-order valence-corrected chi connectivity index (χ2v) is 6.70. The van der Waals surface area contributed by atoms with E-state index in [0.29, 0.717) is 22.5 Å².